The molecule has 2 N–H and O–H groups in total. The fraction of sp³-hybridized carbons (Fsp3) is 0.400. The van der Waals surface area contributed by atoms with Crippen LogP contribution in [0.3, 0.4) is 0 Å². The largest absolute Gasteiger partial charge is 0.369 e. The zero-order valence-corrected chi connectivity index (χ0v) is 15.5. The van der Waals surface area contributed by atoms with Crippen LogP contribution < -0.4 is 15.5 Å². The molecule has 0 radical (unpaired) electrons. The third kappa shape index (κ3) is 4.95. The molecule has 6 heteroatoms. The molecule has 2 aromatic rings. The molecule has 1 saturated heterocycles. The number of carbonyl (C=O) groups is 1. The third-order valence-electron chi connectivity index (χ3n) is 4.53. The smallest absolute Gasteiger partial charge is 0.224 e. The second-order valence-corrected chi connectivity index (χ2v) is 6.69. The molecule has 0 bridgehead atoms. The molecule has 3 rings (SSSR count). The molecule has 2 heterocycles. The molecule has 1 aromatic heterocycles. The summed E-state index contributed by atoms with van der Waals surface area (Å²) >= 11 is 0. The first-order chi connectivity index (χ1) is 12.6. The minimum absolute atomic E-state index is 0.0227. The van der Waals surface area contributed by atoms with Crippen LogP contribution in [0, 0.1) is 0 Å². The van der Waals surface area contributed by atoms with Gasteiger partial charge in [0.05, 0.1) is 11.9 Å². The van der Waals surface area contributed by atoms with Gasteiger partial charge in [0.15, 0.2) is 0 Å². The number of pyridine rings is 1. The van der Waals surface area contributed by atoms with Crippen molar-refractivity contribution < 1.29 is 4.79 Å². The standard InChI is InChI=1S/C20H27N5O/c1-3-4-20(26)23-17-7-10-19(21-15-17)22-16-5-8-18(9-6-16)25-13-11-24(2)12-14-25/h5-10,15H,3-4,11-14H2,1-2H3,(H,21,22)(H,23,26). The number of hydrogen-bond donors (Lipinski definition) is 2. The summed E-state index contributed by atoms with van der Waals surface area (Å²) in [6, 6.07) is 12.2. The summed E-state index contributed by atoms with van der Waals surface area (Å²) in [7, 11) is 2.16. The summed E-state index contributed by atoms with van der Waals surface area (Å²) in [5.41, 5.74) is 2.98. The van der Waals surface area contributed by atoms with Crippen LogP contribution in [0.4, 0.5) is 22.9 Å². The maximum Gasteiger partial charge on any atom is 0.224 e. The number of carbonyl (C=O) groups excluding carboxylic acids is 1. The van der Waals surface area contributed by atoms with Gasteiger partial charge >= 0.3 is 0 Å². The van der Waals surface area contributed by atoms with Crippen LogP contribution in [0.15, 0.2) is 42.6 Å². The van der Waals surface area contributed by atoms with E-state index >= 15 is 0 Å². The predicted molar refractivity (Wildman–Crippen MR) is 107 cm³/mol. The van der Waals surface area contributed by atoms with Gasteiger partial charge in [0.25, 0.3) is 0 Å². The van der Waals surface area contributed by atoms with E-state index in [1.54, 1.807) is 6.20 Å². The average molecular weight is 353 g/mol. The van der Waals surface area contributed by atoms with Gasteiger partial charge in [0, 0.05) is 44.0 Å². The van der Waals surface area contributed by atoms with Gasteiger partial charge in [0.1, 0.15) is 5.82 Å². The fourth-order valence-corrected chi connectivity index (χ4v) is 2.96. The summed E-state index contributed by atoms with van der Waals surface area (Å²) in [4.78, 5) is 20.7. The average Bonchev–Trinajstić information content (AvgIpc) is 2.65. The lowest BCUT2D eigenvalue weighted by Crippen LogP contribution is -2.44. The highest BCUT2D eigenvalue weighted by molar-refractivity contribution is 5.90. The molecular weight excluding hydrogens is 326 g/mol. The fourth-order valence-electron chi connectivity index (χ4n) is 2.96. The summed E-state index contributed by atoms with van der Waals surface area (Å²) in [6.07, 6.45) is 3.04. The van der Waals surface area contributed by atoms with Crippen LogP contribution in [0.25, 0.3) is 0 Å². The Labute approximate surface area is 155 Å². The summed E-state index contributed by atoms with van der Waals surface area (Å²) in [5, 5.41) is 6.14. The number of rotatable bonds is 6. The van der Waals surface area contributed by atoms with Crippen molar-refractivity contribution in [1.82, 2.24) is 9.88 Å². The normalized spacial score (nSPS) is 14.9. The molecule has 26 heavy (non-hydrogen) atoms. The molecular formula is C20H27N5O. The van der Waals surface area contributed by atoms with E-state index in [1.807, 2.05) is 19.1 Å². The van der Waals surface area contributed by atoms with Gasteiger partial charge in [-0.2, -0.15) is 0 Å². The van der Waals surface area contributed by atoms with Crippen LogP contribution in [0.2, 0.25) is 0 Å². The molecule has 0 aliphatic carbocycles. The van der Waals surface area contributed by atoms with E-state index in [0.717, 1.165) is 49.8 Å². The van der Waals surface area contributed by atoms with Gasteiger partial charge in [-0.05, 0) is 49.9 Å². The topological polar surface area (TPSA) is 60.5 Å². The predicted octanol–water partition coefficient (Wildman–Crippen LogP) is 3.32. The number of nitrogens with zero attached hydrogens (tertiary/aromatic N) is 3. The number of nitrogens with one attached hydrogen (secondary N) is 2. The number of amides is 1. The number of benzene rings is 1. The van der Waals surface area contributed by atoms with Crippen molar-refractivity contribution in [1.29, 1.82) is 0 Å². The minimum Gasteiger partial charge on any atom is -0.369 e. The van der Waals surface area contributed by atoms with E-state index in [-0.39, 0.29) is 5.91 Å². The second kappa shape index (κ2) is 8.67. The Hall–Kier alpha value is -2.60. The summed E-state index contributed by atoms with van der Waals surface area (Å²) in [5.74, 6) is 0.778. The van der Waals surface area contributed by atoms with Gasteiger partial charge < -0.3 is 20.4 Å². The first-order valence-electron chi connectivity index (χ1n) is 9.20. The minimum atomic E-state index is 0.0227. The van der Waals surface area contributed by atoms with Crippen molar-refractivity contribution in [3.8, 4) is 0 Å². The Morgan fingerprint density at radius 1 is 1.04 bits per heavy atom. The van der Waals surface area contributed by atoms with Gasteiger partial charge in [0.2, 0.25) is 5.91 Å². The van der Waals surface area contributed by atoms with Crippen LogP contribution in [0.5, 0.6) is 0 Å². The highest BCUT2D eigenvalue weighted by Crippen LogP contribution is 2.22. The zero-order valence-electron chi connectivity index (χ0n) is 15.5. The Bertz CT molecular complexity index is 706. The van der Waals surface area contributed by atoms with E-state index in [4.69, 9.17) is 0 Å². The maximum atomic E-state index is 11.6. The lowest BCUT2D eigenvalue weighted by molar-refractivity contribution is -0.116. The lowest BCUT2D eigenvalue weighted by Gasteiger charge is -2.34. The Morgan fingerprint density at radius 2 is 1.73 bits per heavy atom. The van der Waals surface area contributed by atoms with Crippen LogP contribution in [-0.4, -0.2) is 49.0 Å². The molecule has 1 aromatic carbocycles. The van der Waals surface area contributed by atoms with Gasteiger partial charge in [-0.25, -0.2) is 4.98 Å². The van der Waals surface area contributed by atoms with Crippen LogP contribution in [0.1, 0.15) is 19.8 Å². The molecule has 138 valence electrons. The van der Waals surface area contributed by atoms with E-state index < -0.39 is 0 Å². The Kier molecular flexibility index (Phi) is 6.07. The Morgan fingerprint density at radius 3 is 2.35 bits per heavy atom. The molecule has 0 saturated carbocycles. The SMILES string of the molecule is CCCC(=O)Nc1ccc(Nc2ccc(N3CCN(C)CC3)cc2)nc1. The van der Waals surface area contributed by atoms with E-state index in [9.17, 15) is 4.79 Å². The lowest BCUT2D eigenvalue weighted by atomic mass is 10.2. The Balaban J connectivity index is 1.56. The van der Waals surface area contributed by atoms with Gasteiger partial charge in [-0.1, -0.05) is 6.92 Å². The molecule has 0 atom stereocenters. The molecule has 1 aliphatic heterocycles. The first-order valence-corrected chi connectivity index (χ1v) is 9.20. The molecule has 0 spiro atoms. The van der Waals surface area contributed by atoms with Crippen LogP contribution in [-0.2, 0) is 4.79 Å². The number of hydrogen-bond acceptors (Lipinski definition) is 5. The molecule has 1 fully saturated rings. The number of piperazine rings is 1. The molecule has 0 unspecified atom stereocenters. The zero-order chi connectivity index (χ0) is 18.4. The van der Waals surface area contributed by atoms with Crippen molar-refractivity contribution in [2.45, 2.75) is 19.8 Å². The van der Waals surface area contributed by atoms with E-state index in [1.165, 1.54) is 5.69 Å². The summed E-state index contributed by atoms with van der Waals surface area (Å²) in [6.45, 7) is 6.32. The number of likely N-dealkylation sites (N-methyl/N-ethyl adjacent to an activating group) is 1. The maximum absolute atomic E-state index is 11.6. The second-order valence-electron chi connectivity index (χ2n) is 6.69. The van der Waals surface area contributed by atoms with E-state index in [2.05, 4.69) is 56.7 Å². The van der Waals surface area contributed by atoms with E-state index in [0.29, 0.717) is 6.42 Å². The molecule has 1 aliphatic rings. The first kappa shape index (κ1) is 18.2. The van der Waals surface area contributed by atoms with Gasteiger partial charge in [-0.15, -0.1) is 0 Å². The highest BCUT2D eigenvalue weighted by Gasteiger charge is 2.13. The van der Waals surface area contributed by atoms with Crippen LogP contribution >= 0.6 is 0 Å². The van der Waals surface area contributed by atoms with Gasteiger partial charge in [-0.3, -0.25) is 4.79 Å². The highest BCUT2D eigenvalue weighted by atomic mass is 16.1. The molecule has 6 nitrogen and oxygen atoms in total. The molecule has 1 amide bonds. The van der Waals surface area contributed by atoms with Crippen molar-refractivity contribution >= 4 is 28.8 Å². The third-order valence-corrected chi connectivity index (χ3v) is 4.53. The summed E-state index contributed by atoms with van der Waals surface area (Å²) < 4.78 is 0. The van der Waals surface area contributed by atoms with Crippen molar-refractivity contribution in [3.63, 3.8) is 0 Å². The number of anilines is 4. The monoisotopic (exact) mass is 353 g/mol. The van der Waals surface area contributed by atoms with Crippen molar-refractivity contribution in [3.05, 3.63) is 42.6 Å². The van der Waals surface area contributed by atoms with Crippen molar-refractivity contribution in [2.75, 3.05) is 48.8 Å². The van der Waals surface area contributed by atoms with Crippen molar-refractivity contribution in [2.24, 2.45) is 0 Å². The quantitative estimate of drug-likeness (QED) is 0.834. The number of aromatic nitrogens is 1.